The first-order chi connectivity index (χ1) is 12.6. The standard InChI is InChI=1S/C20H39N5O.HI/c1-17-9-15-24(16-10-17)13-6-11-22-20(21-3)23-12-8-19(26)25-14-5-4-7-18(25)2;/h17-18H,4-16H2,1-3H3,(H2,21,22,23);1H. The topological polar surface area (TPSA) is 60.0 Å². The Morgan fingerprint density at radius 2 is 1.74 bits per heavy atom. The highest BCUT2D eigenvalue weighted by Gasteiger charge is 2.22. The zero-order valence-corrected chi connectivity index (χ0v) is 19.8. The Bertz CT molecular complexity index is 452. The Labute approximate surface area is 182 Å². The van der Waals surface area contributed by atoms with Crippen molar-refractivity contribution in [2.75, 3.05) is 46.3 Å². The number of likely N-dealkylation sites (tertiary alicyclic amines) is 2. The summed E-state index contributed by atoms with van der Waals surface area (Å²) in [5.41, 5.74) is 0. The van der Waals surface area contributed by atoms with Gasteiger partial charge >= 0.3 is 0 Å². The van der Waals surface area contributed by atoms with Crippen LogP contribution in [0.25, 0.3) is 0 Å². The third kappa shape index (κ3) is 8.98. The molecule has 0 radical (unpaired) electrons. The first-order valence-electron chi connectivity index (χ1n) is 10.6. The van der Waals surface area contributed by atoms with Gasteiger partial charge in [0, 0.05) is 39.1 Å². The maximum absolute atomic E-state index is 12.4. The number of guanidine groups is 1. The van der Waals surface area contributed by atoms with Gasteiger partial charge in [-0.25, -0.2) is 0 Å². The predicted molar refractivity (Wildman–Crippen MR) is 124 cm³/mol. The Balaban J connectivity index is 0.00000364. The normalized spacial score (nSPS) is 22.3. The highest BCUT2D eigenvalue weighted by Crippen LogP contribution is 2.17. The lowest BCUT2D eigenvalue weighted by molar-refractivity contribution is -0.134. The second-order valence-corrected chi connectivity index (χ2v) is 7.99. The van der Waals surface area contributed by atoms with E-state index >= 15 is 0 Å². The molecule has 2 aliphatic heterocycles. The van der Waals surface area contributed by atoms with E-state index in [2.05, 4.69) is 34.4 Å². The van der Waals surface area contributed by atoms with Crippen molar-refractivity contribution in [3.8, 4) is 0 Å². The van der Waals surface area contributed by atoms with E-state index in [1.54, 1.807) is 7.05 Å². The van der Waals surface area contributed by atoms with Crippen molar-refractivity contribution in [3.05, 3.63) is 0 Å². The lowest BCUT2D eigenvalue weighted by Crippen LogP contribution is -2.44. The van der Waals surface area contributed by atoms with E-state index in [4.69, 9.17) is 0 Å². The molecule has 1 amide bonds. The number of carbonyl (C=O) groups is 1. The minimum Gasteiger partial charge on any atom is -0.356 e. The summed E-state index contributed by atoms with van der Waals surface area (Å²) in [6, 6.07) is 0.395. The van der Waals surface area contributed by atoms with Crippen LogP contribution < -0.4 is 10.6 Å². The molecule has 2 rings (SSSR count). The van der Waals surface area contributed by atoms with Gasteiger partial charge in [0.05, 0.1) is 0 Å². The van der Waals surface area contributed by atoms with E-state index in [0.29, 0.717) is 19.0 Å². The number of nitrogens with zero attached hydrogens (tertiary/aromatic N) is 3. The fraction of sp³-hybridized carbons (Fsp3) is 0.900. The summed E-state index contributed by atoms with van der Waals surface area (Å²) in [5, 5.41) is 6.64. The van der Waals surface area contributed by atoms with Crippen LogP contribution in [0, 0.1) is 5.92 Å². The van der Waals surface area contributed by atoms with Crippen LogP contribution >= 0.6 is 24.0 Å². The van der Waals surface area contributed by atoms with Crippen molar-refractivity contribution in [2.24, 2.45) is 10.9 Å². The molecular weight excluding hydrogens is 453 g/mol. The molecule has 7 heteroatoms. The number of rotatable bonds is 7. The van der Waals surface area contributed by atoms with Gasteiger partial charge in [0.2, 0.25) is 5.91 Å². The molecule has 2 aliphatic rings. The average molecular weight is 493 g/mol. The summed E-state index contributed by atoms with van der Waals surface area (Å²) < 4.78 is 0. The van der Waals surface area contributed by atoms with Crippen LogP contribution in [-0.4, -0.2) is 74.0 Å². The Hall–Kier alpha value is -0.570. The summed E-state index contributed by atoms with van der Waals surface area (Å²) >= 11 is 0. The molecule has 27 heavy (non-hydrogen) atoms. The van der Waals surface area contributed by atoms with Crippen molar-refractivity contribution in [2.45, 2.75) is 64.8 Å². The third-order valence-corrected chi connectivity index (χ3v) is 5.80. The van der Waals surface area contributed by atoms with Crippen LogP contribution in [0.5, 0.6) is 0 Å². The van der Waals surface area contributed by atoms with E-state index in [0.717, 1.165) is 50.8 Å². The summed E-state index contributed by atoms with van der Waals surface area (Å²) in [6.45, 7) is 10.6. The average Bonchev–Trinajstić information content (AvgIpc) is 2.65. The van der Waals surface area contributed by atoms with Crippen molar-refractivity contribution < 1.29 is 4.79 Å². The molecule has 0 aromatic heterocycles. The number of nitrogens with one attached hydrogen (secondary N) is 2. The molecule has 0 aliphatic carbocycles. The van der Waals surface area contributed by atoms with E-state index < -0.39 is 0 Å². The van der Waals surface area contributed by atoms with Gasteiger partial charge in [0.25, 0.3) is 0 Å². The minimum absolute atomic E-state index is 0. The molecule has 0 aromatic carbocycles. The Morgan fingerprint density at radius 1 is 1.04 bits per heavy atom. The summed E-state index contributed by atoms with van der Waals surface area (Å²) in [5.74, 6) is 1.96. The number of halogens is 1. The lowest BCUT2D eigenvalue weighted by atomic mass is 9.99. The quantitative estimate of drug-likeness (QED) is 0.248. The van der Waals surface area contributed by atoms with Crippen LogP contribution in [0.1, 0.15) is 58.8 Å². The fourth-order valence-corrected chi connectivity index (χ4v) is 3.92. The Morgan fingerprint density at radius 3 is 2.41 bits per heavy atom. The molecule has 2 N–H and O–H groups in total. The second kappa shape index (κ2) is 13.6. The smallest absolute Gasteiger partial charge is 0.224 e. The summed E-state index contributed by atoms with van der Waals surface area (Å²) in [4.78, 5) is 21.2. The van der Waals surface area contributed by atoms with E-state index in [1.807, 2.05) is 4.90 Å². The molecule has 0 spiro atoms. The van der Waals surface area contributed by atoms with Gasteiger partial charge in [0.1, 0.15) is 0 Å². The number of piperidine rings is 2. The lowest BCUT2D eigenvalue weighted by Gasteiger charge is -2.33. The van der Waals surface area contributed by atoms with Gasteiger partial charge in [-0.15, -0.1) is 24.0 Å². The van der Waals surface area contributed by atoms with Gasteiger partial charge in [-0.05, 0) is 71.0 Å². The van der Waals surface area contributed by atoms with E-state index in [9.17, 15) is 4.79 Å². The van der Waals surface area contributed by atoms with Gasteiger partial charge in [0.15, 0.2) is 5.96 Å². The van der Waals surface area contributed by atoms with Gasteiger partial charge in [-0.2, -0.15) is 0 Å². The molecule has 158 valence electrons. The SMILES string of the molecule is CN=C(NCCCN1CCC(C)CC1)NCCC(=O)N1CCCCC1C.I. The molecule has 1 atom stereocenters. The molecule has 2 fully saturated rings. The van der Waals surface area contributed by atoms with Crippen LogP contribution in [-0.2, 0) is 4.79 Å². The molecule has 0 aromatic rings. The van der Waals surface area contributed by atoms with Crippen LogP contribution in [0.3, 0.4) is 0 Å². The number of carbonyl (C=O) groups excluding carboxylic acids is 1. The van der Waals surface area contributed by atoms with Crippen molar-refractivity contribution in [1.29, 1.82) is 0 Å². The van der Waals surface area contributed by atoms with Crippen LogP contribution in [0.4, 0.5) is 0 Å². The molecule has 0 saturated carbocycles. The monoisotopic (exact) mass is 493 g/mol. The van der Waals surface area contributed by atoms with E-state index in [1.165, 1.54) is 32.4 Å². The number of amides is 1. The minimum atomic E-state index is 0. The molecular formula is C20H40IN5O. The Kier molecular flexibility index (Phi) is 12.3. The molecule has 6 nitrogen and oxygen atoms in total. The zero-order chi connectivity index (χ0) is 18.8. The first-order valence-corrected chi connectivity index (χ1v) is 10.6. The first kappa shape index (κ1) is 24.5. The second-order valence-electron chi connectivity index (χ2n) is 7.99. The predicted octanol–water partition coefficient (Wildman–Crippen LogP) is 2.68. The number of hydrogen-bond donors (Lipinski definition) is 2. The molecule has 0 bridgehead atoms. The molecule has 1 unspecified atom stereocenters. The van der Waals surface area contributed by atoms with Crippen molar-refractivity contribution >= 4 is 35.8 Å². The van der Waals surface area contributed by atoms with Gasteiger partial charge in [-0.1, -0.05) is 6.92 Å². The fourth-order valence-electron chi connectivity index (χ4n) is 3.92. The van der Waals surface area contributed by atoms with E-state index in [-0.39, 0.29) is 29.9 Å². The van der Waals surface area contributed by atoms with Crippen LogP contribution in [0.2, 0.25) is 0 Å². The zero-order valence-electron chi connectivity index (χ0n) is 17.5. The number of aliphatic imine (C=N–C) groups is 1. The van der Waals surface area contributed by atoms with Crippen LogP contribution in [0.15, 0.2) is 4.99 Å². The third-order valence-electron chi connectivity index (χ3n) is 5.80. The van der Waals surface area contributed by atoms with Crippen molar-refractivity contribution in [1.82, 2.24) is 20.4 Å². The molecule has 2 heterocycles. The maximum Gasteiger partial charge on any atom is 0.224 e. The molecule has 2 saturated heterocycles. The highest BCUT2D eigenvalue weighted by molar-refractivity contribution is 14.0. The number of hydrogen-bond acceptors (Lipinski definition) is 3. The maximum atomic E-state index is 12.4. The van der Waals surface area contributed by atoms with Gasteiger partial charge in [-0.3, -0.25) is 9.79 Å². The van der Waals surface area contributed by atoms with Crippen molar-refractivity contribution in [3.63, 3.8) is 0 Å². The van der Waals surface area contributed by atoms with Gasteiger partial charge < -0.3 is 20.4 Å². The summed E-state index contributed by atoms with van der Waals surface area (Å²) in [6.07, 6.45) is 7.86. The highest BCUT2D eigenvalue weighted by atomic mass is 127. The largest absolute Gasteiger partial charge is 0.356 e. The summed E-state index contributed by atoms with van der Waals surface area (Å²) in [7, 11) is 1.79.